The summed E-state index contributed by atoms with van der Waals surface area (Å²) in [7, 11) is 0. The second-order valence-corrected chi connectivity index (χ2v) is 15.0. The highest BCUT2D eigenvalue weighted by molar-refractivity contribution is 4.54. The van der Waals surface area contributed by atoms with E-state index >= 15 is 0 Å². The van der Waals surface area contributed by atoms with E-state index in [-0.39, 0.29) is 0 Å². The summed E-state index contributed by atoms with van der Waals surface area (Å²) in [5, 5.41) is 3.48. The van der Waals surface area contributed by atoms with Gasteiger partial charge in [-0.2, -0.15) is 0 Å². The van der Waals surface area contributed by atoms with Crippen molar-refractivity contribution in [3.8, 4) is 0 Å². The van der Waals surface area contributed by atoms with Gasteiger partial charge >= 0.3 is 0 Å². The van der Waals surface area contributed by atoms with Gasteiger partial charge in [0.1, 0.15) is 0 Å². The molecule has 0 atom stereocenters. The monoisotopic (exact) mass is 635 g/mol. The van der Waals surface area contributed by atoms with Gasteiger partial charge < -0.3 is 11.1 Å². The summed E-state index contributed by atoms with van der Waals surface area (Å²) in [6.45, 7) is 5.40. The fourth-order valence-corrected chi connectivity index (χ4v) is 7.04. The van der Waals surface area contributed by atoms with E-state index in [1.54, 1.807) is 0 Å². The highest BCUT2D eigenvalue weighted by Crippen LogP contribution is 2.17. The second-order valence-electron chi connectivity index (χ2n) is 15.0. The van der Waals surface area contributed by atoms with Crippen molar-refractivity contribution < 1.29 is 0 Å². The lowest BCUT2D eigenvalue weighted by atomic mass is 10.0. The third-order valence-corrected chi connectivity index (χ3v) is 10.3. The predicted octanol–water partition coefficient (Wildman–Crippen LogP) is 14.8. The Bertz CT molecular complexity index is 436. The van der Waals surface area contributed by atoms with Crippen molar-refractivity contribution in [2.24, 2.45) is 5.73 Å². The van der Waals surface area contributed by atoms with Gasteiger partial charge in [-0.05, 0) is 32.5 Å². The van der Waals surface area contributed by atoms with Crippen molar-refractivity contribution in [2.75, 3.05) is 19.6 Å². The SMILES string of the molecule is CCCCCCCCCCCCCCCCCCCCCCCCCCCCCCCCCCCCCCCCNCCCN. The summed E-state index contributed by atoms with van der Waals surface area (Å²) in [5.74, 6) is 0. The number of nitrogens with one attached hydrogen (secondary N) is 1. The van der Waals surface area contributed by atoms with Crippen LogP contribution in [0.3, 0.4) is 0 Å². The summed E-state index contributed by atoms with van der Waals surface area (Å²) in [6.07, 6.45) is 57.1. The van der Waals surface area contributed by atoms with Crippen LogP contribution in [0.4, 0.5) is 0 Å². The normalized spacial score (nSPS) is 11.6. The molecule has 0 aliphatic carbocycles. The Balaban J connectivity index is 3.03. The zero-order valence-corrected chi connectivity index (χ0v) is 31.8. The van der Waals surface area contributed by atoms with Crippen LogP contribution in [-0.4, -0.2) is 19.6 Å². The van der Waals surface area contributed by atoms with Crippen molar-refractivity contribution in [1.82, 2.24) is 5.32 Å². The second kappa shape index (κ2) is 43.9. The number of rotatable bonds is 42. The van der Waals surface area contributed by atoms with Crippen molar-refractivity contribution in [3.05, 3.63) is 0 Å². The van der Waals surface area contributed by atoms with Gasteiger partial charge in [0.05, 0.1) is 0 Å². The van der Waals surface area contributed by atoms with Crippen LogP contribution in [0.2, 0.25) is 0 Å². The molecule has 0 fully saturated rings. The fraction of sp³-hybridized carbons (Fsp3) is 1.00. The zero-order chi connectivity index (χ0) is 32.4. The summed E-state index contributed by atoms with van der Waals surface area (Å²) in [4.78, 5) is 0. The van der Waals surface area contributed by atoms with E-state index in [4.69, 9.17) is 5.73 Å². The highest BCUT2D eigenvalue weighted by atomic mass is 14.8. The largest absolute Gasteiger partial charge is 0.330 e. The third-order valence-electron chi connectivity index (χ3n) is 10.3. The molecule has 0 rings (SSSR count). The number of hydrogen-bond donors (Lipinski definition) is 2. The molecule has 0 amide bonds. The minimum atomic E-state index is 0.812. The molecule has 0 unspecified atom stereocenters. The van der Waals surface area contributed by atoms with Crippen molar-refractivity contribution in [1.29, 1.82) is 0 Å². The maximum Gasteiger partial charge on any atom is -0.00369 e. The topological polar surface area (TPSA) is 38.0 Å². The van der Waals surface area contributed by atoms with Gasteiger partial charge in [0, 0.05) is 0 Å². The van der Waals surface area contributed by atoms with E-state index < -0.39 is 0 Å². The first-order valence-corrected chi connectivity index (χ1v) is 21.8. The van der Waals surface area contributed by atoms with Gasteiger partial charge in [-0.15, -0.1) is 0 Å². The highest BCUT2D eigenvalue weighted by Gasteiger charge is 1.98. The third kappa shape index (κ3) is 43.9. The van der Waals surface area contributed by atoms with Crippen LogP contribution in [0.15, 0.2) is 0 Å². The maximum atomic E-state index is 5.52. The minimum Gasteiger partial charge on any atom is -0.330 e. The lowest BCUT2D eigenvalue weighted by molar-refractivity contribution is 0.509. The Labute approximate surface area is 287 Å². The molecular weight excluding hydrogens is 544 g/mol. The minimum absolute atomic E-state index is 0.812. The van der Waals surface area contributed by atoms with Gasteiger partial charge in [0.2, 0.25) is 0 Å². The van der Waals surface area contributed by atoms with Gasteiger partial charge in [-0.25, -0.2) is 0 Å². The number of unbranched alkanes of at least 4 members (excludes halogenated alkanes) is 37. The lowest BCUT2D eigenvalue weighted by Crippen LogP contribution is -2.19. The van der Waals surface area contributed by atoms with E-state index in [0.717, 1.165) is 19.5 Å². The first kappa shape index (κ1) is 44.9. The fourth-order valence-electron chi connectivity index (χ4n) is 7.04. The average molecular weight is 635 g/mol. The van der Waals surface area contributed by atoms with Gasteiger partial charge in [0.25, 0.3) is 0 Å². The standard InChI is InChI=1S/C43H90N2/c1-2-3-4-5-6-7-8-9-10-11-12-13-14-15-16-17-18-19-20-21-22-23-24-25-26-27-28-29-30-31-32-33-34-35-36-37-38-39-42-45-43-40-41-44/h45H,2-44H2,1H3. The molecule has 0 aliphatic heterocycles. The molecule has 0 saturated carbocycles. The Morgan fingerprint density at radius 3 is 0.622 bits per heavy atom. The number of nitrogens with two attached hydrogens (primary N) is 1. The molecule has 272 valence electrons. The van der Waals surface area contributed by atoms with E-state index in [1.807, 2.05) is 0 Å². The van der Waals surface area contributed by atoms with E-state index in [1.165, 1.54) is 251 Å². The Hall–Kier alpha value is -0.0800. The Kier molecular flexibility index (Phi) is 43.8. The van der Waals surface area contributed by atoms with Gasteiger partial charge in [-0.1, -0.05) is 244 Å². The van der Waals surface area contributed by atoms with Crippen LogP contribution in [0.5, 0.6) is 0 Å². The lowest BCUT2D eigenvalue weighted by Gasteiger charge is -2.05. The molecule has 0 saturated heterocycles. The Morgan fingerprint density at radius 1 is 0.244 bits per heavy atom. The van der Waals surface area contributed by atoms with Crippen LogP contribution >= 0.6 is 0 Å². The molecule has 0 aromatic heterocycles. The van der Waals surface area contributed by atoms with Crippen LogP contribution in [0.1, 0.15) is 257 Å². The molecule has 2 nitrogen and oxygen atoms in total. The number of hydrogen-bond acceptors (Lipinski definition) is 2. The van der Waals surface area contributed by atoms with Gasteiger partial charge in [-0.3, -0.25) is 0 Å². The molecule has 0 heterocycles. The van der Waals surface area contributed by atoms with Crippen LogP contribution in [0, 0.1) is 0 Å². The first-order valence-electron chi connectivity index (χ1n) is 21.8. The smallest absolute Gasteiger partial charge is 0.00369 e. The van der Waals surface area contributed by atoms with E-state index in [0.29, 0.717) is 0 Å². The summed E-state index contributed by atoms with van der Waals surface area (Å²) >= 11 is 0. The quantitative estimate of drug-likeness (QED) is 0.0656. The molecule has 0 aromatic rings. The molecule has 3 N–H and O–H groups in total. The van der Waals surface area contributed by atoms with Crippen LogP contribution < -0.4 is 11.1 Å². The molecular formula is C43H90N2. The van der Waals surface area contributed by atoms with Gasteiger partial charge in [0.15, 0.2) is 0 Å². The summed E-state index contributed by atoms with van der Waals surface area (Å²) in [5.41, 5.74) is 5.52. The molecule has 45 heavy (non-hydrogen) atoms. The van der Waals surface area contributed by atoms with Crippen molar-refractivity contribution >= 4 is 0 Å². The summed E-state index contributed by atoms with van der Waals surface area (Å²) in [6, 6.07) is 0. The maximum absolute atomic E-state index is 5.52. The molecule has 0 radical (unpaired) electrons. The van der Waals surface area contributed by atoms with Crippen molar-refractivity contribution in [3.63, 3.8) is 0 Å². The van der Waals surface area contributed by atoms with E-state index in [2.05, 4.69) is 12.2 Å². The predicted molar refractivity (Wildman–Crippen MR) is 208 cm³/mol. The Morgan fingerprint density at radius 2 is 0.422 bits per heavy atom. The molecule has 0 aliphatic rings. The molecule has 0 aromatic carbocycles. The molecule has 0 bridgehead atoms. The summed E-state index contributed by atoms with van der Waals surface area (Å²) < 4.78 is 0. The first-order chi connectivity index (χ1) is 22.4. The van der Waals surface area contributed by atoms with Crippen LogP contribution in [0.25, 0.3) is 0 Å². The van der Waals surface area contributed by atoms with Crippen molar-refractivity contribution in [2.45, 2.75) is 257 Å². The average Bonchev–Trinajstić information content (AvgIpc) is 3.05. The molecule has 2 heteroatoms. The zero-order valence-electron chi connectivity index (χ0n) is 31.8. The van der Waals surface area contributed by atoms with Crippen LogP contribution in [-0.2, 0) is 0 Å². The molecule has 0 spiro atoms. The van der Waals surface area contributed by atoms with E-state index in [9.17, 15) is 0 Å².